The zero-order valence-electron chi connectivity index (χ0n) is 17.5. The van der Waals surface area contributed by atoms with Crippen molar-refractivity contribution in [3.8, 4) is 5.75 Å². The van der Waals surface area contributed by atoms with Crippen LogP contribution in [-0.2, 0) is 16.2 Å². The van der Waals surface area contributed by atoms with Crippen molar-refractivity contribution in [3.63, 3.8) is 0 Å². The molecule has 6 nitrogen and oxygen atoms in total. The van der Waals surface area contributed by atoms with Gasteiger partial charge in [-0.2, -0.15) is 0 Å². The second kappa shape index (κ2) is 9.26. The molecule has 1 aliphatic rings. The van der Waals surface area contributed by atoms with Crippen LogP contribution in [0.5, 0.6) is 5.75 Å². The Morgan fingerprint density at radius 2 is 1.76 bits per heavy atom. The van der Waals surface area contributed by atoms with Gasteiger partial charge in [0, 0.05) is 0 Å². The van der Waals surface area contributed by atoms with E-state index < -0.39 is 17.8 Å². The lowest BCUT2D eigenvalue weighted by Crippen LogP contribution is -2.54. The van der Waals surface area contributed by atoms with E-state index in [1.807, 2.05) is 0 Å². The first-order valence-electron chi connectivity index (χ1n) is 9.97. The summed E-state index contributed by atoms with van der Waals surface area (Å²) in [7, 11) is 0. The average Bonchev–Trinajstić information content (AvgIpc) is 2.78. The number of carbonyl (C=O) groups excluding carboxylic acids is 3. The van der Waals surface area contributed by atoms with Gasteiger partial charge < -0.3 is 4.74 Å². The first kappa shape index (κ1) is 22.2. The van der Waals surface area contributed by atoms with Crippen LogP contribution in [-0.4, -0.2) is 17.8 Å². The monoisotopic (exact) mass is 464 g/mol. The van der Waals surface area contributed by atoms with Gasteiger partial charge in [-0.3, -0.25) is 14.9 Å². The summed E-state index contributed by atoms with van der Waals surface area (Å²) < 4.78 is 18.7. The van der Waals surface area contributed by atoms with Gasteiger partial charge in [0.15, 0.2) is 0 Å². The maximum Gasteiger partial charge on any atom is 0.335 e. The van der Waals surface area contributed by atoms with Crippen LogP contribution in [0.2, 0.25) is 5.02 Å². The van der Waals surface area contributed by atoms with Crippen LogP contribution < -0.4 is 15.0 Å². The van der Waals surface area contributed by atoms with E-state index in [2.05, 4.69) is 5.32 Å². The van der Waals surface area contributed by atoms with E-state index in [4.69, 9.17) is 16.3 Å². The lowest BCUT2D eigenvalue weighted by molar-refractivity contribution is -0.122. The maximum absolute atomic E-state index is 13.0. The molecule has 0 atom stereocenters. The number of nitrogens with zero attached hydrogens (tertiary/aromatic N) is 1. The van der Waals surface area contributed by atoms with E-state index in [0.29, 0.717) is 22.6 Å². The van der Waals surface area contributed by atoms with Gasteiger partial charge in [-0.05, 0) is 60.0 Å². The Kier molecular flexibility index (Phi) is 6.24. The minimum atomic E-state index is -0.806. The molecule has 1 N–H and O–H groups in total. The number of carbonyl (C=O) groups is 3. The Balaban J connectivity index is 1.57. The zero-order chi connectivity index (χ0) is 23.5. The number of urea groups is 1. The number of para-hydroxylation sites is 1. The molecular formula is C25H18ClFN2O4. The van der Waals surface area contributed by atoms with Gasteiger partial charge >= 0.3 is 6.03 Å². The van der Waals surface area contributed by atoms with Crippen molar-refractivity contribution in [1.29, 1.82) is 0 Å². The predicted octanol–water partition coefficient (Wildman–Crippen LogP) is 5.03. The van der Waals surface area contributed by atoms with Crippen LogP contribution >= 0.6 is 11.6 Å². The van der Waals surface area contributed by atoms with Crippen molar-refractivity contribution in [2.24, 2.45) is 0 Å². The van der Waals surface area contributed by atoms with Crippen molar-refractivity contribution in [1.82, 2.24) is 5.32 Å². The third kappa shape index (κ3) is 4.78. The highest BCUT2D eigenvalue weighted by Crippen LogP contribution is 2.29. The van der Waals surface area contributed by atoms with Crippen LogP contribution in [0.1, 0.15) is 16.7 Å². The van der Waals surface area contributed by atoms with Crippen molar-refractivity contribution in [2.45, 2.75) is 13.5 Å². The number of halogens is 2. The topological polar surface area (TPSA) is 75.7 Å². The van der Waals surface area contributed by atoms with Gasteiger partial charge in [0.05, 0.1) is 10.7 Å². The molecule has 0 aromatic heterocycles. The quantitative estimate of drug-likeness (QED) is 0.424. The lowest BCUT2D eigenvalue weighted by Gasteiger charge is -2.27. The van der Waals surface area contributed by atoms with Gasteiger partial charge in [0.2, 0.25) is 0 Å². The summed E-state index contributed by atoms with van der Waals surface area (Å²) in [6.07, 6.45) is 1.37. The van der Waals surface area contributed by atoms with Crippen LogP contribution in [0.15, 0.2) is 72.3 Å². The molecule has 8 heteroatoms. The summed E-state index contributed by atoms with van der Waals surface area (Å²) in [5, 5.41) is 2.46. The number of hydrogen-bond acceptors (Lipinski definition) is 4. The van der Waals surface area contributed by atoms with E-state index in [1.54, 1.807) is 61.5 Å². The fraction of sp³-hybridized carbons (Fsp3) is 0.0800. The maximum atomic E-state index is 13.0. The highest BCUT2D eigenvalue weighted by molar-refractivity contribution is 6.39. The summed E-state index contributed by atoms with van der Waals surface area (Å²) in [4.78, 5) is 38.7. The Morgan fingerprint density at radius 1 is 1.03 bits per heavy atom. The number of hydrogen-bond donors (Lipinski definition) is 1. The number of nitrogens with one attached hydrogen (secondary N) is 1. The molecule has 4 amide bonds. The summed E-state index contributed by atoms with van der Waals surface area (Å²) in [5.74, 6) is -1.47. The fourth-order valence-corrected chi connectivity index (χ4v) is 3.57. The number of amides is 4. The molecule has 1 fully saturated rings. The van der Waals surface area contributed by atoms with Gasteiger partial charge in [-0.1, -0.05) is 48.0 Å². The predicted molar refractivity (Wildman–Crippen MR) is 122 cm³/mol. The number of ether oxygens (including phenoxy) is 1. The largest absolute Gasteiger partial charge is 0.487 e. The van der Waals surface area contributed by atoms with Crippen LogP contribution in [0.25, 0.3) is 6.08 Å². The third-order valence-electron chi connectivity index (χ3n) is 5.03. The zero-order valence-corrected chi connectivity index (χ0v) is 18.2. The lowest BCUT2D eigenvalue weighted by atomic mass is 10.1. The summed E-state index contributed by atoms with van der Waals surface area (Å²) in [6, 6.07) is 16.8. The molecule has 4 rings (SSSR count). The summed E-state index contributed by atoms with van der Waals surface area (Å²) in [5.41, 5.74) is 2.14. The van der Waals surface area contributed by atoms with Crippen molar-refractivity contribution < 1.29 is 23.5 Å². The minimum absolute atomic E-state index is 0.189. The standard InChI is InChI=1S/C25H18ClFN2O4/c1-15-4-2-3-5-21(15)29-24(31)19(23(30)28-25(29)32)12-17-8-11-22(20(26)13-17)33-14-16-6-9-18(27)10-7-16/h2-13H,14H2,1H3,(H,28,30,32)/b19-12+. The van der Waals surface area contributed by atoms with E-state index in [1.165, 1.54) is 18.2 Å². The van der Waals surface area contributed by atoms with E-state index in [-0.39, 0.29) is 23.0 Å². The highest BCUT2D eigenvalue weighted by Gasteiger charge is 2.37. The Labute approximate surface area is 194 Å². The van der Waals surface area contributed by atoms with E-state index in [9.17, 15) is 18.8 Å². The highest BCUT2D eigenvalue weighted by atomic mass is 35.5. The Hall–Kier alpha value is -3.97. The molecule has 0 bridgehead atoms. The van der Waals surface area contributed by atoms with Crippen molar-refractivity contribution in [3.05, 3.63) is 99.8 Å². The molecule has 3 aromatic carbocycles. The molecule has 1 saturated heterocycles. The number of imide groups is 2. The van der Waals surface area contributed by atoms with Gasteiger partial charge in [0.25, 0.3) is 11.8 Å². The first-order valence-corrected chi connectivity index (χ1v) is 10.3. The molecule has 1 heterocycles. The summed E-state index contributed by atoms with van der Waals surface area (Å²) in [6.45, 7) is 1.95. The molecule has 0 spiro atoms. The fourth-order valence-electron chi connectivity index (χ4n) is 3.32. The van der Waals surface area contributed by atoms with Crippen LogP contribution in [0.3, 0.4) is 0 Å². The first-order chi connectivity index (χ1) is 15.8. The molecule has 0 aliphatic carbocycles. The molecular weight excluding hydrogens is 447 g/mol. The number of barbiturate groups is 1. The smallest absolute Gasteiger partial charge is 0.335 e. The molecule has 33 heavy (non-hydrogen) atoms. The van der Waals surface area contributed by atoms with Crippen molar-refractivity contribution in [2.75, 3.05) is 4.90 Å². The van der Waals surface area contributed by atoms with Crippen LogP contribution in [0.4, 0.5) is 14.9 Å². The van der Waals surface area contributed by atoms with Gasteiger partial charge in [-0.15, -0.1) is 0 Å². The molecule has 166 valence electrons. The number of aryl methyl sites for hydroxylation is 1. The number of rotatable bonds is 5. The second-order valence-electron chi connectivity index (χ2n) is 7.35. The van der Waals surface area contributed by atoms with Crippen LogP contribution in [0, 0.1) is 12.7 Å². The minimum Gasteiger partial charge on any atom is -0.487 e. The SMILES string of the molecule is Cc1ccccc1N1C(=O)NC(=O)/C(=C\c2ccc(OCc3ccc(F)cc3)c(Cl)c2)C1=O. The summed E-state index contributed by atoms with van der Waals surface area (Å²) >= 11 is 6.32. The molecule has 1 aliphatic heterocycles. The average molecular weight is 465 g/mol. The van der Waals surface area contributed by atoms with Gasteiger partial charge in [-0.25, -0.2) is 14.1 Å². The molecule has 3 aromatic rings. The molecule has 0 saturated carbocycles. The van der Waals surface area contributed by atoms with E-state index in [0.717, 1.165) is 10.5 Å². The third-order valence-corrected chi connectivity index (χ3v) is 5.33. The van der Waals surface area contributed by atoms with Gasteiger partial charge in [0.1, 0.15) is 23.7 Å². The molecule has 0 unspecified atom stereocenters. The second-order valence-corrected chi connectivity index (χ2v) is 7.76. The normalized spacial score (nSPS) is 15.1. The van der Waals surface area contributed by atoms with Crippen molar-refractivity contribution >= 4 is 41.2 Å². The Morgan fingerprint density at radius 3 is 2.45 bits per heavy atom. The Bertz CT molecular complexity index is 1290. The molecule has 0 radical (unpaired) electrons. The number of anilines is 1. The van der Waals surface area contributed by atoms with E-state index >= 15 is 0 Å². The number of benzene rings is 3.